The van der Waals surface area contributed by atoms with E-state index in [4.69, 9.17) is 20.4 Å². The van der Waals surface area contributed by atoms with Gasteiger partial charge in [0, 0.05) is 5.69 Å². The Morgan fingerprint density at radius 3 is 2.37 bits per heavy atom. The predicted octanol–water partition coefficient (Wildman–Crippen LogP) is 4.92. The first-order chi connectivity index (χ1) is 14.5. The first-order valence-corrected chi connectivity index (χ1v) is 10.3. The molecule has 154 valence electrons. The maximum Gasteiger partial charge on any atom is 0.344 e. The molecule has 2 N–H and O–H groups in total. The summed E-state index contributed by atoms with van der Waals surface area (Å²) in [5.74, 6) is 0.267. The van der Waals surface area contributed by atoms with Crippen LogP contribution in [0.4, 0.5) is 5.82 Å². The second kappa shape index (κ2) is 8.14. The number of nitrogens with two attached hydrogens (primary N) is 1. The third-order valence-electron chi connectivity index (χ3n) is 5.23. The highest BCUT2D eigenvalue weighted by Crippen LogP contribution is 2.31. The number of rotatable bonds is 6. The van der Waals surface area contributed by atoms with E-state index in [1.807, 2.05) is 36.4 Å². The summed E-state index contributed by atoms with van der Waals surface area (Å²) < 4.78 is 7.31. The second-order valence-electron chi connectivity index (χ2n) is 7.82. The Kier molecular flexibility index (Phi) is 5.40. The highest BCUT2D eigenvalue weighted by molar-refractivity contribution is 6.09. The van der Waals surface area contributed by atoms with Gasteiger partial charge in [-0.2, -0.15) is 0 Å². The molecule has 0 spiro atoms. The summed E-state index contributed by atoms with van der Waals surface area (Å²) in [5.41, 5.74) is 11.3. The molecule has 0 aliphatic carbocycles. The van der Waals surface area contributed by atoms with Crippen molar-refractivity contribution in [2.75, 3.05) is 12.3 Å². The zero-order valence-electron chi connectivity index (χ0n) is 17.6. The Morgan fingerprint density at radius 1 is 1.07 bits per heavy atom. The zero-order valence-corrected chi connectivity index (χ0v) is 17.6. The van der Waals surface area contributed by atoms with Gasteiger partial charge in [0.25, 0.3) is 0 Å². The molecule has 0 aliphatic heterocycles. The lowest BCUT2D eigenvalue weighted by molar-refractivity contribution is 0.0491. The van der Waals surface area contributed by atoms with Gasteiger partial charge in [-0.05, 0) is 48.6 Å². The Labute approximate surface area is 175 Å². The van der Waals surface area contributed by atoms with Gasteiger partial charge in [-0.3, -0.25) is 4.57 Å². The van der Waals surface area contributed by atoms with Gasteiger partial charge in [-0.1, -0.05) is 45.0 Å². The van der Waals surface area contributed by atoms with Crippen LogP contribution in [0.5, 0.6) is 0 Å². The molecule has 0 amide bonds. The molecular weight excluding hydrogens is 376 g/mol. The van der Waals surface area contributed by atoms with E-state index in [0.29, 0.717) is 35.0 Å². The number of nitrogens with zero attached hydrogens (tertiary/aromatic N) is 3. The molecule has 2 heterocycles. The summed E-state index contributed by atoms with van der Waals surface area (Å²) in [7, 11) is 0. The number of hydrogen-bond donors (Lipinski definition) is 1. The third kappa shape index (κ3) is 3.61. The topological polar surface area (TPSA) is 83.0 Å². The molecule has 2 aromatic carbocycles. The van der Waals surface area contributed by atoms with Crippen LogP contribution in [0.15, 0.2) is 48.5 Å². The lowest BCUT2D eigenvalue weighted by Gasteiger charge is -2.09. The van der Waals surface area contributed by atoms with Crippen molar-refractivity contribution in [3.05, 3.63) is 59.7 Å². The Hall–Kier alpha value is -3.41. The summed E-state index contributed by atoms with van der Waals surface area (Å²) in [6.07, 6.45) is 1.73. The minimum Gasteiger partial charge on any atom is -0.462 e. The van der Waals surface area contributed by atoms with Crippen molar-refractivity contribution in [2.24, 2.45) is 5.92 Å². The van der Waals surface area contributed by atoms with E-state index < -0.39 is 5.97 Å². The fourth-order valence-corrected chi connectivity index (χ4v) is 3.46. The van der Waals surface area contributed by atoms with E-state index in [1.54, 1.807) is 4.57 Å². The zero-order chi connectivity index (χ0) is 21.3. The van der Waals surface area contributed by atoms with Gasteiger partial charge in [0.1, 0.15) is 16.9 Å². The average Bonchev–Trinajstić information content (AvgIpc) is 3.02. The predicted molar refractivity (Wildman–Crippen MR) is 120 cm³/mol. The largest absolute Gasteiger partial charge is 0.462 e. The van der Waals surface area contributed by atoms with Gasteiger partial charge >= 0.3 is 5.97 Å². The smallest absolute Gasteiger partial charge is 0.344 e. The van der Waals surface area contributed by atoms with Crippen LogP contribution in [0.1, 0.15) is 43.1 Å². The van der Waals surface area contributed by atoms with Crippen LogP contribution >= 0.6 is 0 Å². The molecule has 0 unspecified atom stereocenters. The SMILES string of the molecule is CCc1ccc(-n2c(N)c(C(=O)OCCC(C)C)c3nc4ccccc4nc32)cc1. The maximum atomic E-state index is 13.0. The number of carbonyl (C=O) groups excluding carboxylic acids is 1. The molecule has 6 heteroatoms. The van der Waals surface area contributed by atoms with Crippen LogP contribution in [0.25, 0.3) is 27.9 Å². The fourth-order valence-electron chi connectivity index (χ4n) is 3.46. The van der Waals surface area contributed by atoms with Crippen molar-refractivity contribution in [2.45, 2.75) is 33.6 Å². The molecular formula is C24H26N4O2. The van der Waals surface area contributed by atoms with Crippen molar-refractivity contribution in [3.63, 3.8) is 0 Å². The molecule has 2 aromatic heterocycles. The number of anilines is 1. The maximum absolute atomic E-state index is 13.0. The van der Waals surface area contributed by atoms with Crippen LogP contribution in [0.2, 0.25) is 0 Å². The van der Waals surface area contributed by atoms with Gasteiger partial charge in [0.05, 0.1) is 17.6 Å². The number of benzene rings is 2. The molecule has 0 radical (unpaired) electrons. The minimum absolute atomic E-state index is 0.270. The standard InChI is InChI=1S/C24H26N4O2/c1-4-16-9-11-17(12-10-16)28-22(25)20(24(29)30-14-13-15(2)3)21-23(28)27-19-8-6-5-7-18(19)26-21/h5-12,15H,4,13-14,25H2,1-3H3. The molecule has 6 nitrogen and oxygen atoms in total. The fraction of sp³-hybridized carbons (Fsp3) is 0.292. The lowest BCUT2D eigenvalue weighted by Crippen LogP contribution is -2.11. The van der Waals surface area contributed by atoms with Crippen molar-refractivity contribution < 1.29 is 9.53 Å². The van der Waals surface area contributed by atoms with Crippen LogP contribution in [0.3, 0.4) is 0 Å². The Balaban J connectivity index is 1.90. The van der Waals surface area contributed by atoms with E-state index in [0.717, 1.165) is 24.0 Å². The van der Waals surface area contributed by atoms with Crippen LogP contribution in [-0.2, 0) is 11.2 Å². The number of aromatic nitrogens is 3. The van der Waals surface area contributed by atoms with Crippen molar-refractivity contribution in [1.29, 1.82) is 0 Å². The highest BCUT2D eigenvalue weighted by atomic mass is 16.5. The monoisotopic (exact) mass is 402 g/mol. The number of esters is 1. The number of hydrogen-bond acceptors (Lipinski definition) is 5. The summed E-state index contributed by atoms with van der Waals surface area (Å²) in [4.78, 5) is 22.5. The van der Waals surface area contributed by atoms with Gasteiger partial charge in [-0.15, -0.1) is 0 Å². The van der Waals surface area contributed by atoms with Crippen LogP contribution < -0.4 is 5.73 Å². The summed E-state index contributed by atoms with van der Waals surface area (Å²) in [6, 6.07) is 15.7. The first-order valence-electron chi connectivity index (χ1n) is 10.3. The van der Waals surface area contributed by atoms with E-state index in [-0.39, 0.29) is 5.56 Å². The van der Waals surface area contributed by atoms with Crippen LogP contribution in [0, 0.1) is 5.92 Å². The molecule has 0 saturated carbocycles. The summed E-state index contributed by atoms with van der Waals surface area (Å²) in [5, 5.41) is 0. The molecule has 0 atom stereocenters. The van der Waals surface area contributed by atoms with E-state index in [9.17, 15) is 4.79 Å². The van der Waals surface area contributed by atoms with Gasteiger partial charge in [0.15, 0.2) is 5.65 Å². The van der Waals surface area contributed by atoms with Crippen LogP contribution in [-0.4, -0.2) is 27.1 Å². The van der Waals surface area contributed by atoms with E-state index >= 15 is 0 Å². The highest BCUT2D eigenvalue weighted by Gasteiger charge is 2.26. The third-order valence-corrected chi connectivity index (χ3v) is 5.23. The first kappa shape index (κ1) is 19.9. The molecule has 4 rings (SSSR count). The quantitative estimate of drug-likeness (QED) is 0.463. The molecule has 30 heavy (non-hydrogen) atoms. The normalized spacial score (nSPS) is 11.5. The molecule has 4 aromatic rings. The van der Waals surface area contributed by atoms with Crippen molar-refractivity contribution >= 4 is 34.0 Å². The molecule has 0 fully saturated rings. The number of nitrogen functional groups attached to an aromatic ring is 1. The summed E-state index contributed by atoms with van der Waals surface area (Å²) >= 11 is 0. The van der Waals surface area contributed by atoms with Gasteiger partial charge < -0.3 is 10.5 Å². The Bertz CT molecular complexity index is 1210. The lowest BCUT2D eigenvalue weighted by atomic mass is 10.1. The van der Waals surface area contributed by atoms with E-state index in [1.165, 1.54) is 5.56 Å². The molecule has 0 saturated heterocycles. The second-order valence-corrected chi connectivity index (χ2v) is 7.82. The number of ether oxygens (including phenoxy) is 1. The number of carbonyl (C=O) groups is 1. The Morgan fingerprint density at radius 2 is 1.73 bits per heavy atom. The number of fused-ring (bicyclic) bond motifs is 2. The average molecular weight is 402 g/mol. The van der Waals surface area contributed by atoms with Gasteiger partial charge in [0.2, 0.25) is 0 Å². The minimum atomic E-state index is -0.466. The van der Waals surface area contributed by atoms with E-state index in [2.05, 4.69) is 32.9 Å². The number of para-hydroxylation sites is 2. The van der Waals surface area contributed by atoms with Gasteiger partial charge in [-0.25, -0.2) is 14.8 Å². The molecule has 0 aliphatic rings. The number of aryl methyl sites for hydroxylation is 1. The molecule has 0 bridgehead atoms. The van der Waals surface area contributed by atoms with Crippen molar-refractivity contribution in [3.8, 4) is 5.69 Å². The summed E-state index contributed by atoms with van der Waals surface area (Å²) in [6.45, 7) is 6.63. The van der Waals surface area contributed by atoms with Crippen molar-refractivity contribution in [1.82, 2.24) is 14.5 Å².